The van der Waals surface area contributed by atoms with Crippen LogP contribution in [0.25, 0.3) is 0 Å². The Morgan fingerprint density at radius 1 is 0.933 bits per heavy atom. The van der Waals surface area contributed by atoms with Crippen LogP contribution in [0.5, 0.6) is 0 Å². The van der Waals surface area contributed by atoms with E-state index in [4.69, 9.17) is 0 Å². The third-order valence-corrected chi connectivity index (χ3v) is 7.39. The monoisotopic (exact) mass is 429 g/mol. The van der Waals surface area contributed by atoms with E-state index in [0.717, 1.165) is 18.4 Å². The average molecular weight is 430 g/mol. The average Bonchev–Trinajstić information content (AvgIpc) is 3.28. The lowest BCUT2D eigenvalue weighted by Gasteiger charge is -2.26. The molecule has 0 aliphatic carbocycles. The van der Waals surface area contributed by atoms with Crippen LogP contribution >= 0.6 is 0 Å². The molecule has 1 aliphatic heterocycles. The minimum absolute atomic E-state index is 0.0555. The van der Waals surface area contributed by atoms with Crippen molar-refractivity contribution in [2.45, 2.75) is 50.6 Å². The first kappa shape index (κ1) is 22.5. The number of amides is 1. The molecule has 2 aromatic carbocycles. The fraction of sp³-hybridized carbons (Fsp3) is 0.435. The lowest BCUT2D eigenvalue weighted by molar-refractivity contribution is -0.118. The number of carbonyl (C=O) groups is 1. The van der Waals surface area contributed by atoms with Crippen LogP contribution in [-0.2, 0) is 14.8 Å². The second kappa shape index (κ2) is 9.73. The molecule has 2 N–H and O–H groups in total. The number of carbonyl (C=O) groups excluding carboxylic acids is 1. The summed E-state index contributed by atoms with van der Waals surface area (Å²) < 4.78 is 26.8. The van der Waals surface area contributed by atoms with E-state index in [1.165, 1.54) is 4.31 Å². The van der Waals surface area contributed by atoms with Crippen LogP contribution in [0.2, 0.25) is 0 Å². The lowest BCUT2D eigenvalue weighted by atomic mass is 9.95. The summed E-state index contributed by atoms with van der Waals surface area (Å²) in [5, 5.41) is 6.29. The number of nitrogens with one attached hydrogen (secondary N) is 2. The molecule has 1 amide bonds. The molecule has 0 aromatic heterocycles. The highest BCUT2D eigenvalue weighted by atomic mass is 32.2. The van der Waals surface area contributed by atoms with Gasteiger partial charge in [0.1, 0.15) is 0 Å². The maximum absolute atomic E-state index is 12.7. The van der Waals surface area contributed by atoms with Gasteiger partial charge in [-0.2, -0.15) is 4.31 Å². The molecule has 2 atom stereocenters. The summed E-state index contributed by atoms with van der Waals surface area (Å²) in [6.07, 6.45) is 1.80. The Kier molecular flexibility index (Phi) is 7.28. The lowest BCUT2D eigenvalue weighted by Crippen LogP contribution is -2.41. The van der Waals surface area contributed by atoms with Gasteiger partial charge in [0.05, 0.1) is 10.9 Å². The van der Waals surface area contributed by atoms with Gasteiger partial charge in [-0.15, -0.1) is 0 Å². The molecule has 1 fully saturated rings. The van der Waals surface area contributed by atoms with Crippen molar-refractivity contribution in [2.24, 2.45) is 5.92 Å². The van der Waals surface area contributed by atoms with E-state index in [0.29, 0.717) is 24.7 Å². The highest BCUT2D eigenvalue weighted by Gasteiger charge is 2.27. The maximum Gasteiger partial charge on any atom is 0.243 e. The van der Waals surface area contributed by atoms with Gasteiger partial charge in [-0.25, -0.2) is 8.42 Å². The number of sulfonamides is 1. The summed E-state index contributed by atoms with van der Waals surface area (Å²) in [5.74, 6) is 0.157. The van der Waals surface area contributed by atoms with Gasteiger partial charge in [-0.3, -0.25) is 10.1 Å². The van der Waals surface area contributed by atoms with Crippen LogP contribution in [0.4, 0.5) is 5.69 Å². The molecule has 162 valence electrons. The van der Waals surface area contributed by atoms with Gasteiger partial charge in [0.25, 0.3) is 0 Å². The number of rotatable bonds is 8. The Labute approximate surface area is 179 Å². The van der Waals surface area contributed by atoms with Gasteiger partial charge >= 0.3 is 0 Å². The minimum Gasteiger partial charge on any atom is -0.325 e. The Morgan fingerprint density at radius 2 is 1.53 bits per heavy atom. The molecule has 7 heteroatoms. The normalized spacial score (nSPS) is 17.1. The highest BCUT2D eigenvalue weighted by Crippen LogP contribution is 2.24. The Bertz CT molecular complexity index is 937. The first-order valence-electron chi connectivity index (χ1n) is 10.5. The number of benzene rings is 2. The van der Waals surface area contributed by atoms with Crippen LogP contribution in [0.1, 0.15) is 45.2 Å². The van der Waals surface area contributed by atoms with E-state index in [9.17, 15) is 13.2 Å². The number of hydrogen-bond acceptors (Lipinski definition) is 4. The molecule has 0 spiro atoms. The van der Waals surface area contributed by atoms with Crippen LogP contribution in [0.3, 0.4) is 0 Å². The molecule has 0 bridgehead atoms. The fourth-order valence-corrected chi connectivity index (χ4v) is 5.23. The van der Waals surface area contributed by atoms with Gasteiger partial charge < -0.3 is 5.32 Å². The van der Waals surface area contributed by atoms with Gasteiger partial charge in [0.2, 0.25) is 15.9 Å². The van der Waals surface area contributed by atoms with E-state index in [-0.39, 0.29) is 16.8 Å². The van der Waals surface area contributed by atoms with Crippen LogP contribution < -0.4 is 10.6 Å². The van der Waals surface area contributed by atoms with Crippen molar-refractivity contribution in [3.05, 3.63) is 60.2 Å². The van der Waals surface area contributed by atoms with E-state index in [1.54, 1.807) is 24.3 Å². The molecule has 0 saturated carbocycles. The Morgan fingerprint density at radius 3 is 2.10 bits per heavy atom. The third-order valence-electron chi connectivity index (χ3n) is 5.47. The van der Waals surface area contributed by atoms with Crippen molar-refractivity contribution >= 4 is 21.6 Å². The summed E-state index contributed by atoms with van der Waals surface area (Å²) >= 11 is 0. The Hall–Kier alpha value is -2.22. The number of anilines is 1. The quantitative estimate of drug-likeness (QED) is 0.669. The smallest absolute Gasteiger partial charge is 0.243 e. The SMILES string of the molecule is CC(C)[C@@H](N[C@H](C)C(=O)Nc1ccc(S(=O)(=O)N2CCCC2)cc1)c1ccccc1. The largest absolute Gasteiger partial charge is 0.325 e. The fourth-order valence-electron chi connectivity index (χ4n) is 3.72. The summed E-state index contributed by atoms with van der Waals surface area (Å²) in [4.78, 5) is 13.0. The van der Waals surface area contributed by atoms with Gasteiger partial charge in [0.15, 0.2) is 0 Å². The molecule has 30 heavy (non-hydrogen) atoms. The van der Waals surface area contributed by atoms with E-state index in [2.05, 4.69) is 36.6 Å². The first-order chi connectivity index (χ1) is 14.3. The topological polar surface area (TPSA) is 78.5 Å². The molecule has 3 rings (SSSR count). The zero-order valence-electron chi connectivity index (χ0n) is 17.8. The predicted octanol–water partition coefficient (Wildman–Crippen LogP) is 3.79. The van der Waals surface area contributed by atoms with Crippen LogP contribution in [0.15, 0.2) is 59.5 Å². The van der Waals surface area contributed by atoms with Gasteiger partial charge in [-0.1, -0.05) is 44.2 Å². The van der Waals surface area contributed by atoms with Crippen molar-refractivity contribution < 1.29 is 13.2 Å². The molecule has 1 aliphatic rings. The summed E-state index contributed by atoms with van der Waals surface area (Å²) in [7, 11) is -3.45. The minimum atomic E-state index is -3.45. The third kappa shape index (κ3) is 5.28. The Balaban J connectivity index is 1.63. The molecular weight excluding hydrogens is 398 g/mol. The summed E-state index contributed by atoms with van der Waals surface area (Å²) in [6.45, 7) is 7.22. The van der Waals surface area contributed by atoms with Crippen molar-refractivity contribution in [3.63, 3.8) is 0 Å². The van der Waals surface area contributed by atoms with E-state index >= 15 is 0 Å². The van der Waals surface area contributed by atoms with Crippen molar-refractivity contribution in [1.29, 1.82) is 0 Å². The molecule has 1 saturated heterocycles. The molecule has 0 radical (unpaired) electrons. The molecule has 1 heterocycles. The van der Waals surface area contributed by atoms with Gasteiger partial charge in [-0.05, 0) is 55.5 Å². The molecule has 2 aromatic rings. The van der Waals surface area contributed by atoms with Crippen molar-refractivity contribution in [1.82, 2.24) is 9.62 Å². The van der Waals surface area contributed by atoms with Crippen molar-refractivity contribution in [3.8, 4) is 0 Å². The number of nitrogens with zero attached hydrogens (tertiary/aromatic N) is 1. The molecular formula is C23H31N3O3S. The van der Waals surface area contributed by atoms with Crippen molar-refractivity contribution in [2.75, 3.05) is 18.4 Å². The van der Waals surface area contributed by atoms with E-state index < -0.39 is 16.1 Å². The molecule has 0 unspecified atom stereocenters. The van der Waals surface area contributed by atoms with E-state index in [1.807, 2.05) is 25.1 Å². The molecule has 6 nitrogen and oxygen atoms in total. The second-order valence-electron chi connectivity index (χ2n) is 8.15. The predicted molar refractivity (Wildman–Crippen MR) is 120 cm³/mol. The van der Waals surface area contributed by atoms with Crippen LogP contribution in [0, 0.1) is 5.92 Å². The maximum atomic E-state index is 12.7. The summed E-state index contributed by atoms with van der Waals surface area (Å²) in [6, 6.07) is 16.1. The van der Waals surface area contributed by atoms with Gasteiger partial charge in [0, 0.05) is 24.8 Å². The zero-order valence-corrected chi connectivity index (χ0v) is 18.7. The highest BCUT2D eigenvalue weighted by molar-refractivity contribution is 7.89. The second-order valence-corrected chi connectivity index (χ2v) is 10.1. The first-order valence-corrected chi connectivity index (χ1v) is 11.9. The standard InChI is InChI=1S/C23H31N3O3S/c1-17(2)22(19-9-5-4-6-10-19)24-18(3)23(27)25-20-11-13-21(14-12-20)30(28,29)26-15-7-8-16-26/h4-6,9-14,17-18,22,24H,7-8,15-16H2,1-3H3,(H,25,27)/t18-,22-/m1/s1. The zero-order chi connectivity index (χ0) is 21.7. The number of hydrogen-bond donors (Lipinski definition) is 2. The summed E-state index contributed by atoms with van der Waals surface area (Å²) in [5.41, 5.74) is 1.72. The van der Waals surface area contributed by atoms with Crippen LogP contribution in [-0.4, -0.2) is 37.8 Å².